The zero-order valence-corrected chi connectivity index (χ0v) is 58.7. The lowest BCUT2D eigenvalue weighted by Crippen LogP contribution is -2.26. The molecule has 0 aliphatic heterocycles. The third kappa shape index (κ3) is 8.45. The van der Waals surface area contributed by atoms with Gasteiger partial charge in [0.2, 0.25) is 0 Å². The van der Waals surface area contributed by atoms with Crippen LogP contribution in [0.3, 0.4) is 0 Å². The summed E-state index contributed by atoms with van der Waals surface area (Å²) >= 11 is 3.83. The van der Waals surface area contributed by atoms with E-state index < -0.39 is 10.8 Å². The van der Waals surface area contributed by atoms with E-state index in [-0.39, 0.29) is 0 Å². The SMILES string of the molecule is c1ccc(-c2cc(-c3ccc(-c4cccc5c4C4(c6ccccc6-5)c5ccccc5-c5sc6ccccc6c54)cc3)nc(-c3ccc4cc(-c5ccc(-c6cc(-c7cccc8c7C7(c9ccccc9-c9ccccc97)c7c-8sc8ccccc78)nc(-c7ccc8ccccc8c7)n6)cc5)ccc4c3)n2)cc1. The summed E-state index contributed by atoms with van der Waals surface area (Å²) in [6.07, 6.45) is 0. The third-order valence-electron chi connectivity index (χ3n) is 23.1. The van der Waals surface area contributed by atoms with Gasteiger partial charge in [0.1, 0.15) is 0 Å². The van der Waals surface area contributed by atoms with E-state index >= 15 is 0 Å². The van der Waals surface area contributed by atoms with E-state index in [1.807, 2.05) is 22.7 Å². The molecule has 0 saturated carbocycles. The summed E-state index contributed by atoms with van der Waals surface area (Å²) < 4.78 is 2.62. The van der Waals surface area contributed by atoms with Crippen molar-refractivity contribution in [3.05, 3.63) is 396 Å². The highest BCUT2D eigenvalue weighted by molar-refractivity contribution is 7.23. The van der Waals surface area contributed by atoms with E-state index in [1.54, 1.807) is 0 Å². The summed E-state index contributed by atoms with van der Waals surface area (Å²) in [6, 6.07) is 130. The largest absolute Gasteiger partial charge is 0.228 e. The number of thiophene rings is 2. The highest BCUT2D eigenvalue weighted by atomic mass is 32.1. The molecule has 490 valence electrons. The van der Waals surface area contributed by atoms with Crippen LogP contribution >= 0.6 is 22.7 Å². The van der Waals surface area contributed by atoms with Gasteiger partial charge in [0.05, 0.1) is 33.6 Å². The summed E-state index contributed by atoms with van der Waals surface area (Å²) in [5.41, 5.74) is 31.6. The van der Waals surface area contributed by atoms with Crippen molar-refractivity contribution in [1.82, 2.24) is 19.9 Å². The van der Waals surface area contributed by atoms with Crippen molar-refractivity contribution in [2.75, 3.05) is 0 Å². The fourth-order valence-corrected chi connectivity index (χ4v) is 21.2. The molecule has 0 N–H and O–H groups in total. The summed E-state index contributed by atoms with van der Waals surface area (Å²) in [6.45, 7) is 0. The summed E-state index contributed by atoms with van der Waals surface area (Å²) in [4.78, 5) is 24.6. The second kappa shape index (κ2) is 22.7. The second-order valence-electron chi connectivity index (χ2n) is 28.5. The van der Waals surface area contributed by atoms with Gasteiger partial charge in [-0.2, -0.15) is 0 Å². The van der Waals surface area contributed by atoms with Gasteiger partial charge in [-0.1, -0.05) is 309 Å². The maximum absolute atomic E-state index is 5.65. The predicted molar refractivity (Wildman–Crippen MR) is 439 cm³/mol. The molecule has 1 atom stereocenters. The molecule has 19 aromatic rings. The lowest BCUT2D eigenvalue weighted by atomic mass is 9.68. The number of hydrogen-bond donors (Lipinski definition) is 0. The molecular weight excluding hydrogens is 1320 g/mol. The van der Waals surface area contributed by atoms with E-state index in [0.29, 0.717) is 11.6 Å². The van der Waals surface area contributed by atoms with Gasteiger partial charge in [-0.15, -0.1) is 22.7 Å². The fourth-order valence-electron chi connectivity index (χ4n) is 18.6. The van der Waals surface area contributed by atoms with Crippen LogP contribution < -0.4 is 0 Å². The minimum atomic E-state index is -0.577. The first-order valence-electron chi connectivity index (χ1n) is 36.3. The Kier molecular flexibility index (Phi) is 12.7. The van der Waals surface area contributed by atoms with Crippen molar-refractivity contribution in [3.63, 3.8) is 0 Å². The van der Waals surface area contributed by atoms with Gasteiger partial charge in [0, 0.05) is 52.5 Å². The van der Waals surface area contributed by atoms with Crippen LogP contribution in [0, 0.1) is 0 Å². The molecule has 4 aliphatic rings. The standard InChI is InChI=1S/C100H58N4S2/c1-2-21-62(22-3-1)85-57-86(64-47-43-61(44-48-64)71-30-18-31-75-74-26-8-14-36-83(74)100(91(71)75)84-37-15-9-27-76(84)95-93(100)78-28-10-16-38-89(78)105-95)102-97(101-85)70-53-51-67-54-66(49-50-68(67)56-70)60-40-45-63(46-41-60)87-58-88(104-98(103-87)69-52-42-59-20-4-5-23-65(59)55-69)77-32-19-33-80-92(77)99(94-79-29-11-17-39-90(79)106-96(80)94)81-34-12-6-24-72(81)73-25-7-13-35-82(73)99/h1-58H. The Bertz CT molecular complexity index is 6920. The zero-order valence-electron chi connectivity index (χ0n) is 57.1. The van der Waals surface area contributed by atoms with Crippen LogP contribution in [0.15, 0.2) is 352 Å². The molecule has 15 aromatic carbocycles. The van der Waals surface area contributed by atoms with E-state index in [1.165, 1.54) is 124 Å². The Morgan fingerprint density at radius 2 is 0.557 bits per heavy atom. The van der Waals surface area contributed by atoms with Gasteiger partial charge >= 0.3 is 0 Å². The Morgan fingerprint density at radius 1 is 0.198 bits per heavy atom. The molecule has 4 aliphatic carbocycles. The molecule has 2 spiro atoms. The highest BCUT2D eigenvalue weighted by Gasteiger charge is 2.56. The first kappa shape index (κ1) is 59.4. The van der Waals surface area contributed by atoms with Crippen molar-refractivity contribution < 1.29 is 0 Å². The molecule has 4 nitrogen and oxygen atoms in total. The van der Waals surface area contributed by atoms with Crippen LogP contribution in [0.25, 0.3) is 175 Å². The maximum atomic E-state index is 5.65. The van der Waals surface area contributed by atoms with Crippen LogP contribution in [0.1, 0.15) is 44.5 Å². The van der Waals surface area contributed by atoms with E-state index in [2.05, 4.69) is 352 Å². The van der Waals surface area contributed by atoms with Crippen molar-refractivity contribution in [2.45, 2.75) is 10.8 Å². The van der Waals surface area contributed by atoms with Gasteiger partial charge in [-0.05, 0) is 175 Å². The number of aromatic nitrogens is 4. The molecule has 106 heavy (non-hydrogen) atoms. The number of benzene rings is 15. The summed E-state index contributed by atoms with van der Waals surface area (Å²) in [5.74, 6) is 1.36. The third-order valence-corrected chi connectivity index (χ3v) is 25.5. The summed E-state index contributed by atoms with van der Waals surface area (Å²) in [5, 5.41) is 7.19. The normalized spacial score (nSPS) is 14.3. The molecular formula is C100H58N4S2. The average Bonchev–Trinajstić information content (AvgIpc) is 1.50. The highest BCUT2D eigenvalue weighted by Crippen LogP contribution is 2.69. The molecule has 1 unspecified atom stereocenters. The van der Waals surface area contributed by atoms with Crippen molar-refractivity contribution >= 4 is 64.4 Å². The lowest BCUT2D eigenvalue weighted by molar-refractivity contribution is 0.804. The van der Waals surface area contributed by atoms with Gasteiger partial charge in [-0.25, -0.2) is 19.9 Å². The van der Waals surface area contributed by atoms with Crippen LogP contribution in [-0.4, -0.2) is 19.9 Å². The first-order chi connectivity index (χ1) is 52.5. The zero-order chi connectivity index (χ0) is 69.3. The Morgan fingerprint density at radius 3 is 1.15 bits per heavy atom. The molecule has 4 heterocycles. The van der Waals surface area contributed by atoms with E-state index in [0.717, 1.165) is 83.4 Å². The van der Waals surface area contributed by atoms with Crippen LogP contribution in [0.5, 0.6) is 0 Å². The quantitative estimate of drug-likeness (QED) is 0.152. The smallest absolute Gasteiger partial charge is 0.160 e. The molecule has 0 saturated heterocycles. The molecule has 0 fully saturated rings. The number of rotatable bonds is 8. The first-order valence-corrected chi connectivity index (χ1v) is 37.9. The van der Waals surface area contributed by atoms with Gasteiger partial charge in [0.25, 0.3) is 0 Å². The predicted octanol–water partition coefficient (Wildman–Crippen LogP) is 26.0. The maximum Gasteiger partial charge on any atom is 0.160 e. The lowest BCUT2D eigenvalue weighted by Gasteiger charge is -2.32. The monoisotopic (exact) mass is 1380 g/mol. The van der Waals surface area contributed by atoms with Gasteiger partial charge < -0.3 is 0 Å². The van der Waals surface area contributed by atoms with E-state index in [4.69, 9.17) is 19.9 Å². The van der Waals surface area contributed by atoms with Crippen LogP contribution in [0.2, 0.25) is 0 Å². The van der Waals surface area contributed by atoms with Crippen molar-refractivity contribution in [1.29, 1.82) is 0 Å². The average molecular weight is 1380 g/mol. The molecule has 23 rings (SSSR count). The Labute approximate surface area is 620 Å². The molecule has 0 bridgehead atoms. The topological polar surface area (TPSA) is 51.6 Å². The molecule has 4 aromatic heterocycles. The molecule has 0 amide bonds. The van der Waals surface area contributed by atoms with E-state index in [9.17, 15) is 0 Å². The fraction of sp³-hybridized carbons (Fsp3) is 0.0200. The number of hydrogen-bond acceptors (Lipinski definition) is 6. The Hall–Kier alpha value is -13.1. The Balaban J connectivity index is 0.600. The van der Waals surface area contributed by atoms with Gasteiger partial charge in [-0.3, -0.25) is 0 Å². The minimum absolute atomic E-state index is 0.483. The second-order valence-corrected chi connectivity index (χ2v) is 30.6. The van der Waals surface area contributed by atoms with Crippen molar-refractivity contribution in [2.24, 2.45) is 0 Å². The number of nitrogens with zero attached hydrogens (tertiary/aromatic N) is 4. The number of fused-ring (bicyclic) bond motifs is 26. The van der Waals surface area contributed by atoms with Gasteiger partial charge in [0.15, 0.2) is 11.6 Å². The van der Waals surface area contributed by atoms with Crippen LogP contribution in [0.4, 0.5) is 0 Å². The molecule has 0 radical (unpaired) electrons. The van der Waals surface area contributed by atoms with Crippen molar-refractivity contribution in [3.8, 4) is 133 Å². The minimum Gasteiger partial charge on any atom is -0.228 e. The van der Waals surface area contributed by atoms with Crippen LogP contribution in [-0.2, 0) is 10.8 Å². The summed E-state index contributed by atoms with van der Waals surface area (Å²) in [7, 11) is 0. The molecule has 6 heteroatoms.